The minimum absolute atomic E-state index is 0.0214. The molecule has 1 aromatic carbocycles. The number of amides is 2. The number of carbonyl (C=O) groups excluding carboxylic acids is 6. The number of hydrogen-bond acceptors (Lipinski definition) is 16. The maximum atomic E-state index is 14.7. The molecule has 1 aromatic rings. The van der Waals surface area contributed by atoms with Gasteiger partial charge in [0.05, 0.1) is 25.3 Å². The fourth-order valence-electron chi connectivity index (χ4n) is 7.96. The lowest BCUT2D eigenvalue weighted by molar-refractivity contribution is -0.201. The van der Waals surface area contributed by atoms with Gasteiger partial charge in [-0.15, -0.1) is 0 Å². The van der Waals surface area contributed by atoms with Crippen molar-refractivity contribution in [2.24, 2.45) is 10.8 Å². The first-order chi connectivity index (χ1) is 26.8. The van der Waals surface area contributed by atoms with E-state index in [2.05, 4.69) is 10.6 Å². The highest BCUT2D eigenvalue weighted by Gasteiger charge is 2.75. The first-order valence-corrected chi connectivity index (χ1v) is 19.0. The van der Waals surface area contributed by atoms with E-state index < -0.39 is 113 Å². The van der Waals surface area contributed by atoms with Crippen LogP contribution in [0.3, 0.4) is 0 Å². The van der Waals surface area contributed by atoms with Crippen LogP contribution in [-0.4, -0.2) is 131 Å². The number of aliphatic hydroxyl groups is 2. The number of benzene rings is 1. The molecule has 0 unspecified atom stereocenters. The van der Waals surface area contributed by atoms with Crippen LogP contribution in [0.15, 0.2) is 30.3 Å². The van der Waals surface area contributed by atoms with Crippen molar-refractivity contribution in [1.29, 1.82) is 0 Å². The Hall–Kier alpha value is -4.46. The SMILES string of the molecule is C[C@H](O)[C@@H](NC(=O)[C@@]12C[C@H]3OC(=O)[C@@H]1N(Cc1ccccc1C=CC(=O)O[C@H]1C(=O)OCC1(C)C)O[C@@H]2[C@H]1OCO[C@H]13)C(=O)N[C@H](CO)CCC(=O)OC(C)(C)C. The Morgan fingerprint density at radius 2 is 1.79 bits per heavy atom. The molecule has 18 heteroatoms. The number of fused-ring (bicyclic) bond motifs is 4. The Balaban J connectivity index is 1.22. The van der Waals surface area contributed by atoms with Crippen LogP contribution in [0.1, 0.15) is 71.9 Å². The second-order valence-corrected chi connectivity index (χ2v) is 16.8. The molecular formula is C39H51N3O15. The van der Waals surface area contributed by atoms with Crippen molar-refractivity contribution in [1.82, 2.24) is 15.7 Å². The van der Waals surface area contributed by atoms with Crippen molar-refractivity contribution in [3.8, 4) is 0 Å². The van der Waals surface area contributed by atoms with E-state index in [1.165, 1.54) is 24.1 Å². The van der Waals surface area contributed by atoms with Gasteiger partial charge in [0.15, 0.2) is 6.04 Å². The molecule has 4 saturated heterocycles. The standard InChI is InChI=1S/C39H51N3O15/c1-20(44)27(33(47)40-23(17-43)12-14-26(46)56-37(2,3)4)41-36(50)39-15-24-28-29(53-19-52-28)31(39)57-42(30(39)34(48)54-24)16-22-10-8-7-9-21(22)11-13-25(45)55-32-35(49)51-18-38(32,5)6/h7-11,13,20,23-24,27-32,43-44H,12,14-19H2,1-6H3,(H,40,47)(H,41,50)/t20-,23-,24+,27+,28-,29-,30-,31+,32-,39-/m0/s1. The van der Waals surface area contributed by atoms with Crippen LogP contribution >= 0.6 is 0 Å². The third-order valence-electron chi connectivity index (χ3n) is 10.8. The van der Waals surface area contributed by atoms with Crippen LogP contribution in [-0.2, 0) is 68.6 Å². The third-order valence-corrected chi connectivity index (χ3v) is 10.8. The van der Waals surface area contributed by atoms with Gasteiger partial charge in [-0.3, -0.25) is 24.0 Å². The van der Waals surface area contributed by atoms with Gasteiger partial charge in [-0.1, -0.05) is 38.1 Å². The molecule has 4 N–H and O–H groups in total. The molecule has 0 radical (unpaired) electrons. The molecule has 4 aliphatic heterocycles. The lowest BCUT2D eigenvalue weighted by Crippen LogP contribution is -2.71. The average molecular weight is 802 g/mol. The number of hydrogen-bond donors (Lipinski definition) is 4. The van der Waals surface area contributed by atoms with Crippen molar-refractivity contribution in [2.45, 2.75) is 128 Å². The summed E-state index contributed by atoms with van der Waals surface area (Å²) in [5.74, 6) is -4.31. The molecule has 6 rings (SSSR count). The number of nitrogens with one attached hydrogen (secondary N) is 2. The lowest BCUT2D eigenvalue weighted by Gasteiger charge is -2.49. The monoisotopic (exact) mass is 801 g/mol. The molecule has 18 nitrogen and oxygen atoms in total. The number of rotatable bonds is 14. The van der Waals surface area contributed by atoms with E-state index in [1.54, 1.807) is 58.9 Å². The minimum Gasteiger partial charge on any atom is -0.462 e. The largest absolute Gasteiger partial charge is 0.462 e. The van der Waals surface area contributed by atoms with Gasteiger partial charge >= 0.3 is 23.9 Å². The van der Waals surface area contributed by atoms with E-state index in [9.17, 15) is 39.0 Å². The smallest absolute Gasteiger partial charge is 0.348 e. The quantitative estimate of drug-likeness (QED) is 0.112. The van der Waals surface area contributed by atoms with E-state index in [0.717, 1.165) is 0 Å². The molecule has 2 bridgehead atoms. The van der Waals surface area contributed by atoms with Gasteiger partial charge in [0, 0.05) is 24.3 Å². The summed E-state index contributed by atoms with van der Waals surface area (Å²) in [6.07, 6.45) is -3.56. The van der Waals surface area contributed by atoms with Crippen LogP contribution in [0, 0.1) is 10.8 Å². The number of aliphatic hydroxyl groups excluding tert-OH is 2. The summed E-state index contributed by atoms with van der Waals surface area (Å²) < 4.78 is 33.3. The first-order valence-electron chi connectivity index (χ1n) is 19.0. The van der Waals surface area contributed by atoms with Crippen LogP contribution < -0.4 is 10.6 Å². The van der Waals surface area contributed by atoms with Crippen molar-refractivity contribution in [3.63, 3.8) is 0 Å². The summed E-state index contributed by atoms with van der Waals surface area (Å²) in [4.78, 5) is 85.9. The van der Waals surface area contributed by atoms with E-state index in [1.807, 2.05) is 0 Å². The van der Waals surface area contributed by atoms with Crippen LogP contribution in [0.2, 0.25) is 0 Å². The molecule has 57 heavy (non-hydrogen) atoms. The number of hydroxylamine groups is 2. The van der Waals surface area contributed by atoms with Crippen molar-refractivity contribution in [3.05, 3.63) is 41.5 Å². The number of esters is 4. The van der Waals surface area contributed by atoms with Gasteiger partial charge in [0.2, 0.25) is 17.9 Å². The summed E-state index contributed by atoms with van der Waals surface area (Å²) in [6.45, 7) is 9.30. The highest BCUT2D eigenvalue weighted by Crippen LogP contribution is 2.55. The maximum absolute atomic E-state index is 14.7. The Bertz CT molecular complexity index is 1770. The molecular weight excluding hydrogens is 750 g/mol. The lowest BCUT2D eigenvalue weighted by atomic mass is 9.62. The maximum Gasteiger partial charge on any atom is 0.348 e. The molecule has 5 fully saturated rings. The molecule has 0 spiro atoms. The van der Waals surface area contributed by atoms with Crippen LogP contribution in [0.25, 0.3) is 6.08 Å². The summed E-state index contributed by atoms with van der Waals surface area (Å²) in [7, 11) is 0. The molecule has 0 aromatic heterocycles. The predicted molar refractivity (Wildman–Crippen MR) is 194 cm³/mol. The Kier molecular flexibility index (Phi) is 12.1. The molecule has 5 aliphatic rings. The number of ether oxygens (including phenoxy) is 6. The zero-order chi connectivity index (χ0) is 41.4. The summed E-state index contributed by atoms with van der Waals surface area (Å²) in [6, 6.07) is 3.13. The highest BCUT2D eigenvalue weighted by molar-refractivity contribution is 5.96. The molecule has 1 aliphatic carbocycles. The number of nitrogens with zero attached hydrogens (tertiary/aromatic N) is 1. The van der Waals surface area contributed by atoms with Crippen LogP contribution in [0.5, 0.6) is 0 Å². The van der Waals surface area contributed by atoms with E-state index in [-0.39, 0.29) is 39.2 Å². The fourth-order valence-corrected chi connectivity index (χ4v) is 7.96. The number of carbonyl (C=O) groups is 6. The second kappa shape index (κ2) is 16.4. The van der Waals surface area contributed by atoms with E-state index in [0.29, 0.717) is 11.1 Å². The highest BCUT2D eigenvalue weighted by atomic mass is 16.8. The Morgan fingerprint density at radius 1 is 1.07 bits per heavy atom. The average Bonchev–Trinajstić information content (AvgIpc) is 3.83. The zero-order valence-corrected chi connectivity index (χ0v) is 32.8. The predicted octanol–water partition coefficient (Wildman–Crippen LogP) is 0.201. The first kappa shape index (κ1) is 42.2. The van der Waals surface area contributed by atoms with Gasteiger partial charge < -0.3 is 49.3 Å². The molecule has 4 heterocycles. The van der Waals surface area contributed by atoms with Crippen molar-refractivity contribution >= 4 is 41.8 Å². The fraction of sp³-hybridized carbons (Fsp3) is 0.641. The van der Waals surface area contributed by atoms with Gasteiger partial charge in [-0.25, -0.2) is 9.59 Å². The van der Waals surface area contributed by atoms with Gasteiger partial charge in [-0.2, -0.15) is 5.06 Å². The molecule has 312 valence electrons. The molecule has 10 atom stereocenters. The second-order valence-electron chi connectivity index (χ2n) is 16.8. The van der Waals surface area contributed by atoms with Gasteiger partial charge in [0.25, 0.3) is 0 Å². The topological polar surface area (TPSA) is 235 Å². The van der Waals surface area contributed by atoms with E-state index >= 15 is 0 Å². The molecule has 1 saturated carbocycles. The number of cyclic esters (lactones) is 1. The zero-order valence-electron chi connectivity index (χ0n) is 32.8. The molecule has 2 amide bonds. The minimum atomic E-state index is -1.69. The van der Waals surface area contributed by atoms with Gasteiger partial charge in [0.1, 0.15) is 54.9 Å². The van der Waals surface area contributed by atoms with Crippen molar-refractivity contribution in [2.75, 3.05) is 20.0 Å². The van der Waals surface area contributed by atoms with Gasteiger partial charge in [-0.05, 0) is 51.3 Å². The van der Waals surface area contributed by atoms with Crippen LogP contribution in [0.4, 0.5) is 0 Å². The Labute approximate surface area is 329 Å². The summed E-state index contributed by atoms with van der Waals surface area (Å²) in [5, 5.41) is 27.3. The third kappa shape index (κ3) is 8.71. The normalized spacial score (nSPS) is 30.5. The Morgan fingerprint density at radius 3 is 2.46 bits per heavy atom. The summed E-state index contributed by atoms with van der Waals surface area (Å²) >= 11 is 0. The summed E-state index contributed by atoms with van der Waals surface area (Å²) in [5.41, 5.74) is -2.00. The van der Waals surface area contributed by atoms with E-state index in [4.69, 9.17) is 33.3 Å². The van der Waals surface area contributed by atoms with Crippen molar-refractivity contribution < 1.29 is 72.2 Å².